The van der Waals surface area contributed by atoms with E-state index in [2.05, 4.69) is 15.3 Å². The van der Waals surface area contributed by atoms with Crippen molar-refractivity contribution in [2.75, 3.05) is 5.32 Å². The van der Waals surface area contributed by atoms with Gasteiger partial charge in [0.2, 0.25) is 0 Å². The van der Waals surface area contributed by atoms with Crippen LogP contribution >= 0.6 is 0 Å². The van der Waals surface area contributed by atoms with Crippen LogP contribution in [0.2, 0.25) is 0 Å². The van der Waals surface area contributed by atoms with E-state index in [1.807, 2.05) is 0 Å². The van der Waals surface area contributed by atoms with E-state index in [9.17, 15) is 18.0 Å². The Hall–Kier alpha value is -2.44. The van der Waals surface area contributed by atoms with Crippen LogP contribution in [-0.4, -0.2) is 15.9 Å². The minimum atomic E-state index is -4.54. The number of rotatable bonds is 2. The summed E-state index contributed by atoms with van der Waals surface area (Å²) in [5.41, 5.74) is -1.20. The highest BCUT2D eigenvalue weighted by Crippen LogP contribution is 2.34. The van der Waals surface area contributed by atoms with Gasteiger partial charge in [-0.15, -0.1) is 0 Å². The minimum absolute atomic E-state index is 0.00878. The number of benzene rings is 1. The molecule has 0 spiro atoms. The molecule has 0 saturated heterocycles. The zero-order valence-electron chi connectivity index (χ0n) is 10.4. The van der Waals surface area contributed by atoms with Crippen molar-refractivity contribution in [2.24, 2.45) is 0 Å². The van der Waals surface area contributed by atoms with E-state index in [0.29, 0.717) is 5.82 Å². The van der Waals surface area contributed by atoms with E-state index in [-0.39, 0.29) is 11.4 Å². The van der Waals surface area contributed by atoms with Crippen LogP contribution in [0.5, 0.6) is 0 Å². The van der Waals surface area contributed by atoms with E-state index in [4.69, 9.17) is 0 Å². The maximum absolute atomic E-state index is 12.8. The number of halogens is 3. The van der Waals surface area contributed by atoms with Crippen molar-refractivity contribution in [3.63, 3.8) is 0 Å². The van der Waals surface area contributed by atoms with Gasteiger partial charge < -0.3 is 5.32 Å². The van der Waals surface area contributed by atoms with Crippen molar-refractivity contribution < 1.29 is 18.0 Å². The minimum Gasteiger partial charge on any atom is -0.320 e. The highest BCUT2D eigenvalue weighted by molar-refractivity contribution is 6.03. The topological polar surface area (TPSA) is 54.9 Å². The molecule has 1 heterocycles. The van der Waals surface area contributed by atoms with Gasteiger partial charge in [-0.2, -0.15) is 13.2 Å². The first kappa shape index (κ1) is 14.0. The summed E-state index contributed by atoms with van der Waals surface area (Å²) in [4.78, 5) is 19.5. The molecule has 0 saturated carbocycles. The predicted octanol–water partition coefficient (Wildman–Crippen LogP) is 3.06. The SMILES string of the molecule is Cc1nccc(C(=O)Nc2ccccc2C(F)(F)F)n1. The smallest absolute Gasteiger partial charge is 0.320 e. The second-order valence-electron chi connectivity index (χ2n) is 3.99. The monoisotopic (exact) mass is 281 g/mol. The normalized spacial score (nSPS) is 11.2. The number of nitrogens with one attached hydrogen (secondary N) is 1. The lowest BCUT2D eigenvalue weighted by Gasteiger charge is -2.13. The molecular formula is C13H10F3N3O. The third-order valence-electron chi connectivity index (χ3n) is 2.49. The first-order valence-electron chi connectivity index (χ1n) is 5.65. The van der Waals surface area contributed by atoms with E-state index < -0.39 is 17.6 Å². The summed E-state index contributed by atoms with van der Waals surface area (Å²) in [5, 5.41) is 2.21. The molecule has 0 fully saturated rings. The molecule has 1 N–H and O–H groups in total. The average molecular weight is 281 g/mol. The summed E-state index contributed by atoms with van der Waals surface area (Å²) in [6.45, 7) is 1.58. The number of hydrogen-bond donors (Lipinski definition) is 1. The maximum Gasteiger partial charge on any atom is 0.418 e. The number of anilines is 1. The fourth-order valence-electron chi connectivity index (χ4n) is 1.61. The number of aromatic nitrogens is 2. The van der Waals surface area contributed by atoms with Crippen LogP contribution in [-0.2, 0) is 6.18 Å². The molecule has 0 aliphatic carbocycles. The average Bonchev–Trinajstić information content (AvgIpc) is 2.38. The van der Waals surface area contributed by atoms with Gasteiger partial charge >= 0.3 is 6.18 Å². The quantitative estimate of drug-likeness (QED) is 0.920. The lowest BCUT2D eigenvalue weighted by atomic mass is 10.1. The Labute approximate surface area is 112 Å². The Morgan fingerprint density at radius 3 is 2.55 bits per heavy atom. The lowest BCUT2D eigenvalue weighted by Crippen LogP contribution is -2.18. The standard InChI is InChI=1S/C13H10F3N3O/c1-8-17-7-6-11(18-8)12(20)19-10-5-3-2-4-9(10)13(14,15)16/h2-7H,1H3,(H,19,20). The molecule has 0 radical (unpaired) electrons. The van der Waals surface area contributed by atoms with Gasteiger partial charge in [-0.1, -0.05) is 12.1 Å². The lowest BCUT2D eigenvalue weighted by molar-refractivity contribution is -0.136. The van der Waals surface area contributed by atoms with Crippen molar-refractivity contribution in [1.29, 1.82) is 0 Å². The number of carbonyl (C=O) groups excluding carboxylic acids is 1. The van der Waals surface area contributed by atoms with E-state index in [0.717, 1.165) is 6.07 Å². The summed E-state index contributed by atoms with van der Waals surface area (Å²) >= 11 is 0. The van der Waals surface area contributed by atoms with E-state index >= 15 is 0 Å². The zero-order valence-corrected chi connectivity index (χ0v) is 10.4. The van der Waals surface area contributed by atoms with Crippen LogP contribution in [0, 0.1) is 6.92 Å². The Morgan fingerprint density at radius 1 is 1.20 bits per heavy atom. The Bertz CT molecular complexity index is 641. The van der Waals surface area contributed by atoms with Crippen LogP contribution in [0.4, 0.5) is 18.9 Å². The fraction of sp³-hybridized carbons (Fsp3) is 0.154. The summed E-state index contributed by atoms with van der Waals surface area (Å²) in [6, 6.07) is 6.09. The first-order chi connectivity index (χ1) is 9.38. The van der Waals surface area contributed by atoms with Gasteiger partial charge in [-0.05, 0) is 25.1 Å². The maximum atomic E-state index is 12.8. The van der Waals surface area contributed by atoms with Gasteiger partial charge in [-0.3, -0.25) is 4.79 Å². The molecule has 0 aliphatic rings. The Morgan fingerprint density at radius 2 is 1.90 bits per heavy atom. The van der Waals surface area contributed by atoms with Crippen molar-refractivity contribution in [2.45, 2.75) is 13.1 Å². The van der Waals surface area contributed by atoms with Crippen LogP contribution in [0.1, 0.15) is 21.9 Å². The molecule has 0 aliphatic heterocycles. The van der Waals surface area contributed by atoms with Crippen LogP contribution in [0.25, 0.3) is 0 Å². The second kappa shape index (κ2) is 5.28. The molecule has 0 bridgehead atoms. The molecule has 7 heteroatoms. The third-order valence-corrected chi connectivity index (χ3v) is 2.49. The molecule has 1 aromatic heterocycles. The largest absolute Gasteiger partial charge is 0.418 e. The van der Waals surface area contributed by atoms with Crippen LogP contribution in [0.15, 0.2) is 36.5 Å². The van der Waals surface area contributed by atoms with E-state index in [1.165, 1.54) is 30.5 Å². The molecule has 1 amide bonds. The van der Waals surface area contributed by atoms with Gasteiger partial charge in [0, 0.05) is 6.20 Å². The fourth-order valence-corrected chi connectivity index (χ4v) is 1.61. The number of hydrogen-bond acceptors (Lipinski definition) is 3. The molecule has 2 aromatic rings. The first-order valence-corrected chi connectivity index (χ1v) is 5.65. The number of amides is 1. The highest BCUT2D eigenvalue weighted by Gasteiger charge is 2.33. The number of carbonyl (C=O) groups is 1. The number of nitrogens with zero attached hydrogens (tertiary/aromatic N) is 2. The van der Waals surface area contributed by atoms with Crippen molar-refractivity contribution in [1.82, 2.24) is 9.97 Å². The molecule has 2 rings (SSSR count). The molecular weight excluding hydrogens is 271 g/mol. The molecule has 0 unspecified atom stereocenters. The van der Waals surface area contributed by atoms with Crippen molar-refractivity contribution in [3.05, 3.63) is 53.6 Å². The van der Waals surface area contributed by atoms with Crippen molar-refractivity contribution in [3.8, 4) is 0 Å². The van der Waals surface area contributed by atoms with Crippen LogP contribution in [0.3, 0.4) is 0 Å². The Balaban J connectivity index is 2.29. The molecule has 0 atom stereocenters. The Kier molecular flexibility index (Phi) is 3.69. The summed E-state index contributed by atoms with van der Waals surface area (Å²) < 4.78 is 38.4. The number of alkyl halides is 3. The zero-order chi connectivity index (χ0) is 14.8. The summed E-state index contributed by atoms with van der Waals surface area (Å²) in [7, 11) is 0. The van der Waals surface area contributed by atoms with Gasteiger partial charge in [0.1, 0.15) is 11.5 Å². The second-order valence-corrected chi connectivity index (χ2v) is 3.99. The molecule has 20 heavy (non-hydrogen) atoms. The van der Waals surface area contributed by atoms with Gasteiger partial charge in [0.25, 0.3) is 5.91 Å². The highest BCUT2D eigenvalue weighted by atomic mass is 19.4. The van der Waals surface area contributed by atoms with Gasteiger partial charge in [0.05, 0.1) is 11.3 Å². The van der Waals surface area contributed by atoms with Crippen molar-refractivity contribution >= 4 is 11.6 Å². The van der Waals surface area contributed by atoms with Gasteiger partial charge in [0.15, 0.2) is 0 Å². The van der Waals surface area contributed by atoms with E-state index in [1.54, 1.807) is 6.92 Å². The van der Waals surface area contributed by atoms with Crippen LogP contribution < -0.4 is 5.32 Å². The number of aryl methyl sites for hydroxylation is 1. The summed E-state index contributed by atoms with van der Waals surface area (Å²) in [5.74, 6) is -0.353. The molecule has 104 valence electrons. The third kappa shape index (κ3) is 3.11. The molecule has 4 nitrogen and oxygen atoms in total. The van der Waals surface area contributed by atoms with Gasteiger partial charge in [-0.25, -0.2) is 9.97 Å². The molecule has 1 aromatic carbocycles. The summed E-state index contributed by atoms with van der Waals surface area (Å²) in [6.07, 6.45) is -3.17. The number of para-hydroxylation sites is 1. The predicted molar refractivity (Wildman–Crippen MR) is 66.2 cm³/mol.